The van der Waals surface area contributed by atoms with Gasteiger partial charge in [-0.05, 0) is 37.1 Å². The third kappa shape index (κ3) is 2.45. The molecule has 2 rings (SSSR count). The minimum atomic E-state index is -3.28. The average Bonchev–Trinajstić information content (AvgIpc) is 2.61. The van der Waals surface area contributed by atoms with Crippen molar-refractivity contribution in [3.05, 3.63) is 29.3 Å². The number of fused-ring (bicyclic) bond motifs is 1. The number of amides is 1. The summed E-state index contributed by atoms with van der Waals surface area (Å²) in [5.41, 5.74) is 2.18. The van der Waals surface area contributed by atoms with Gasteiger partial charge in [0.05, 0.1) is 11.9 Å². The van der Waals surface area contributed by atoms with Crippen LogP contribution in [-0.2, 0) is 16.4 Å². The van der Waals surface area contributed by atoms with E-state index in [4.69, 9.17) is 0 Å². The Bertz CT molecular complexity index is 623. The second-order valence-corrected chi connectivity index (χ2v) is 7.01. The molecule has 0 fully saturated rings. The molecule has 0 N–H and O–H groups in total. The van der Waals surface area contributed by atoms with E-state index in [1.54, 1.807) is 32.3 Å². The second-order valence-electron chi connectivity index (χ2n) is 5.16. The predicted octanol–water partition coefficient (Wildman–Crippen LogP) is 1.10. The highest BCUT2D eigenvalue weighted by Crippen LogP contribution is 2.34. The van der Waals surface area contributed by atoms with Gasteiger partial charge in [-0.25, -0.2) is 8.42 Å². The predicted molar refractivity (Wildman–Crippen MR) is 74.9 cm³/mol. The molecule has 1 aliphatic heterocycles. The van der Waals surface area contributed by atoms with Crippen molar-refractivity contribution in [1.29, 1.82) is 0 Å². The zero-order valence-corrected chi connectivity index (χ0v) is 12.4. The number of rotatable bonds is 2. The molecule has 1 atom stereocenters. The van der Waals surface area contributed by atoms with E-state index in [-0.39, 0.29) is 11.9 Å². The van der Waals surface area contributed by atoms with E-state index in [0.29, 0.717) is 17.7 Å². The highest BCUT2D eigenvalue weighted by molar-refractivity contribution is 7.92. The molecule has 0 bridgehead atoms. The van der Waals surface area contributed by atoms with E-state index in [9.17, 15) is 13.2 Å². The lowest BCUT2D eigenvalue weighted by atomic mass is 10.1. The van der Waals surface area contributed by atoms with Crippen LogP contribution in [-0.4, -0.2) is 45.6 Å². The first-order valence-corrected chi connectivity index (χ1v) is 7.90. The first-order chi connectivity index (χ1) is 8.71. The minimum Gasteiger partial charge on any atom is -0.345 e. The first-order valence-electron chi connectivity index (χ1n) is 6.06. The molecular weight excluding hydrogens is 264 g/mol. The molecule has 1 aromatic carbocycles. The summed E-state index contributed by atoms with van der Waals surface area (Å²) in [6, 6.07) is 5.09. The maximum atomic E-state index is 11.9. The number of sulfonamides is 1. The van der Waals surface area contributed by atoms with Crippen LogP contribution in [0.15, 0.2) is 18.2 Å². The highest BCUT2D eigenvalue weighted by Gasteiger charge is 2.32. The fourth-order valence-electron chi connectivity index (χ4n) is 2.50. The van der Waals surface area contributed by atoms with E-state index in [0.717, 1.165) is 5.56 Å². The van der Waals surface area contributed by atoms with Crippen molar-refractivity contribution in [2.24, 2.45) is 0 Å². The summed E-state index contributed by atoms with van der Waals surface area (Å²) >= 11 is 0. The summed E-state index contributed by atoms with van der Waals surface area (Å²) in [5.74, 6) is -0.0757. The van der Waals surface area contributed by atoms with Crippen LogP contribution >= 0.6 is 0 Å². The Morgan fingerprint density at radius 3 is 2.53 bits per heavy atom. The molecule has 1 heterocycles. The largest absolute Gasteiger partial charge is 0.345 e. The third-order valence-corrected chi connectivity index (χ3v) is 4.51. The van der Waals surface area contributed by atoms with Gasteiger partial charge in [0.15, 0.2) is 0 Å². The summed E-state index contributed by atoms with van der Waals surface area (Å²) in [4.78, 5) is 13.4. The molecule has 0 saturated heterocycles. The van der Waals surface area contributed by atoms with Crippen LogP contribution in [0.1, 0.15) is 22.8 Å². The van der Waals surface area contributed by atoms with Crippen molar-refractivity contribution < 1.29 is 13.2 Å². The van der Waals surface area contributed by atoms with Crippen LogP contribution in [0.5, 0.6) is 0 Å². The van der Waals surface area contributed by atoms with Crippen LogP contribution in [0.4, 0.5) is 5.69 Å². The molecule has 6 heteroatoms. The molecule has 1 unspecified atom stereocenters. The van der Waals surface area contributed by atoms with Crippen molar-refractivity contribution in [2.75, 3.05) is 24.7 Å². The molecule has 1 aromatic rings. The van der Waals surface area contributed by atoms with Gasteiger partial charge in [0, 0.05) is 25.7 Å². The molecule has 0 spiro atoms. The molecule has 1 aliphatic rings. The monoisotopic (exact) mass is 282 g/mol. The molecular formula is C13H18N2O3S. The van der Waals surface area contributed by atoms with Gasteiger partial charge in [-0.2, -0.15) is 0 Å². The molecule has 0 aromatic heterocycles. The Kier molecular flexibility index (Phi) is 3.30. The van der Waals surface area contributed by atoms with E-state index >= 15 is 0 Å². The molecule has 19 heavy (non-hydrogen) atoms. The third-order valence-electron chi connectivity index (χ3n) is 3.24. The number of nitrogens with zero attached hydrogens (tertiary/aromatic N) is 2. The van der Waals surface area contributed by atoms with Gasteiger partial charge in [0.25, 0.3) is 5.91 Å². The number of hydrogen-bond acceptors (Lipinski definition) is 3. The molecule has 104 valence electrons. The van der Waals surface area contributed by atoms with Gasteiger partial charge >= 0.3 is 0 Å². The molecule has 0 aliphatic carbocycles. The van der Waals surface area contributed by atoms with Crippen molar-refractivity contribution in [3.63, 3.8) is 0 Å². The van der Waals surface area contributed by atoms with Gasteiger partial charge in [0.2, 0.25) is 10.0 Å². The zero-order valence-electron chi connectivity index (χ0n) is 11.5. The van der Waals surface area contributed by atoms with E-state index < -0.39 is 10.0 Å². The van der Waals surface area contributed by atoms with Crippen molar-refractivity contribution in [3.8, 4) is 0 Å². The maximum Gasteiger partial charge on any atom is 0.253 e. The quantitative estimate of drug-likeness (QED) is 0.816. The van der Waals surface area contributed by atoms with Gasteiger partial charge in [-0.3, -0.25) is 9.10 Å². The normalized spacial score (nSPS) is 18.3. The Hall–Kier alpha value is -1.56. The Balaban J connectivity index is 2.46. The van der Waals surface area contributed by atoms with Gasteiger partial charge in [0.1, 0.15) is 0 Å². The van der Waals surface area contributed by atoms with E-state index in [1.165, 1.54) is 15.5 Å². The Morgan fingerprint density at radius 2 is 2.00 bits per heavy atom. The van der Waals surface area contributed by atoms with Crippen molar-refractivity contribution >= 4 is 21.6 Å². The lowest BCUT2D eigenvalue weighted by molar-refractivity contribution is 0.0827. The van der Waals surface area contributed by atoms with Crippen LogP contribution in [0, 0.1) is 0 Å². The van der Waals surface area contributed by atoms with Crippen molar-refractivity contribution in [1.82, 2.24) is 4.90 Å². The molecule has 5 nitrogen and oxygen atoms in total. The average molecular weight is 282 g/mol. The summed E-state index contributed by atoms with van der Waals surface area (Å²) in [6.07, 6.45) is 1.84. The standard InChI is InChI=1S/C13H18N2O3S/c1-9-7-11-8-10(13(16)14(2)3)5-6-12(11)15(9)19(4,17)18/h5-6,8-9H,7H2,1-4H3. The summed E-state index contributed by atoms with van der Waals surface area (Å²) in [7, 11) is 0.114. The summed E-state index contributed by atoms with van der Waals surface area (Å²) in [6.45, 7) is 1.87. The second kappa shape index (κ2) is 4.52. The van der Waals surface area contributed by atoms with Crippen LogP contribution in [0.25, 0.3) is 0 Å². The number of hydrogen-bond donors (Lipinski definition) is 0. The van der Waals surface area contributed by atoms with E-state index in [2.05, 4.69) is 0 Å². The van der Waals surface area contributed by atoms with Crippen molar-refractivity contribution in [2.45, 2.75) is 19.4 Å². The van der Waals surface area contributed by atoms with Gasteiger partial charge < -0.3 is 4.90 Å². The fourth-order valence-corrected chi connectivity index (χ4v) is 3.76. The lowest BCUT2D eigenvalue weighted by Crippen LogP contribution is -2.34. The SMILES string of the molecule is CC1Cc2cc(C(=O)N(C)C)ccc2N1S(C)(=O)=O. The van der Waals surface area contributed by atoms with Crippen LogP contribution < -0.4 is 4.31 Å². The fraction of sp³-hybridized carbons (Fsp3) is 0.462. The Morgan fingerprint density at radius 1 is 1.37 bits per heavy atom. The zero-order chi connectivity index (χ0) is 14.4. The van der Waals surface area contributed by atoms with Gasteiger partial charge in [-0.15, -0.1) is 0 Å². The molecule has 1 amide bonds. The maximum absolute atomic E-state index is 11.9. The first kappa shape index (κ1) is 13.9. The number of carbonyl (C=O) groups excluding carboxylic acids is 1. The Labute approximate surface area is 113 Å². The number of anilines is 1. The van der Waals surface area contributed by atoms with Gasteiger partial charge in [-0.1, -0.05) is 0 Å². The van der Waals surface area contributed by atoms with E-state index in [1.807, 2.05) is 6.92 Å². The summed E-state index contributed by atoms with van der Waals surface area (Å²) < 4.78 is 25.0. The summed E-state index contributed by atoms with van der Waals surface area (Å²) in [5, 5.41) is 0. The van der Waals surface area contributed by atoms with Crippen LogP contribution in [0.3, 0.4) is 0 Å². The van der Waals surface area contributed by atoms with Crippen LogP contribution in [0.2, 0.25) is 0 Å². The number of benzene rings is 1. The lowest BCUT2D eigenvalue weighted by Gasteiger charge is -2.22. The smallest absolute Gasteiger partial charge is 0.253 e. The topological polar surface area (TPSA) is 57.7 Å². The molecule has 0 radical (unpaired) electrons. The molecule has 0 saturated carbocycles. The number of carbonyl (C=O) groups is 1. The highest BCUT2D eigenvalue weighted by atomic mass is 32.2. The minimum absolute atomic E-state index is 0.0757.